The van der Waals surface area contributed by atoms with Crippen LogP contribution in [0.25, 0.3) is 0 Å². The van der Waals surface area contributed by atoms with Crippen molar-refractivity contribution in [3.8, 4) is 0 Å². The smallest absolute Gasteiger partial charge is 0.0817 e. The molecule has 0 atom stereocenters. The van der Waals surface area contributed by atoms with Gasteiger partial charge in [0.05, 0.1) is 10.7 Å². The van der Waals surface area contributed by atoms with Gasteiger partial charge in [-0.2, -0.15) is 0 Å². The van der Waals surface area contributed by atoms with Gasteiger partial charge in [0.15, 0.2) is 0 Å². The van der Waals surface area contributed by atoms with Gasteiger partial charge in [0, 0.05) is 0 Å². The van der Waals surface area contributed by atoms with Gasteiger partial charge in [-0.25, -0.2) is 0 Å². The molecule has 0 amide bonds. The molecule has 0 fully saturated rings. The van der Waals surface area contributed by atoms with Crippen LogP contribution in [-0.2, 0) is 0 Å². The molecular formula is C7H8ClNO. The maximum atomic E-state index is 8.56. The van der Waals surface area contributed by atoms with Crippen molar-refractivity contribution in [3.63, 3.8) is 0 Å². The number of aryl methyl sites for hydroxylation is 1. The maximum absolute atomic E-state index is 8.56. The average molecular weight is 158 g/mol. The number of benzene rings is 1. The highest BCUT2D eigenvalue weighted by Crippen LogP contribution is 2.23. The molecular weight excluding hydrogens is 150 g/mol. The zero-order chi connectivity index (χ0) is 7.56. The second-order valence-electron chi connectivity index (χ2n) is 2.04. The van der Waals surface area contributed by atoms with E-state index in [-0.39, 0.29) is 0 Å². The Bertz CT molecular complexity index is 217. The van der Waals surface area contributed by atoms with Gasteiger partial charge in [-0.15, -0.1) is 0 Å². The Balaban J connectivity index is 3.17. The van der Waals surface area contributed by atoms with E-state index < -0.39 is 0 Å². The predicted molar refractivity (Wildman–Crippen MR) is 41.6 cm³/mol. The van der Waals surface area contributed by atoms with Gasteiger partial charge in [-0.3, -0.25) is 10.7 Å². The zero-order valence-corrected chi connectivity index (χ0v) is 6.31. The lowest BCUT2D eigenvalue weighted by Gasteiger charge is -2.03. The Labute approximate surface area is 64.4 Å². The molecule has 0 saturated carbocycles. The molecule has 0 heterocycles. The molecule has 0 saturated heterocycles. The lowest BCUT2D eigenvalue weighted by Crippen LogP contribution is -1.92. The molecule has 0 unspecified atom stereocenters. The molecule has 0 spiro atoms. The summed E-state index contributed by atoms with van der Waals surface area (Å²) in [5, 5.41) is 9.09. The van der Waals surface area contributed by atoms with Crippen LogP contribution < -0.4 is 5.48 Å². The third-order valence-corrected chi connectivity index (χ3v) is 1.65. The predicted octanol–water partition coefficient (Wildman–Crippen LogP) is 2.45. The first-order chi connectivity index (χ1) is 4.75. The monoisotopic (exact) mass is 157 g/mol. The van der Waals surface area contributed by atoms with E-state index in [1.807, 2.05) is 24.5 Å². The van der Waals surface area contributed by atoms with Gasteiger partial charge in [-0.05, 0) is 18.6 Å². The Morgan fingerprint density at radius 2 is 2.20 bits per heavy atom. The highest BCUT2D eigenvalue weighted by molar-refractivity contribution is 6.33. The molecule has 0 radical (unpaired) electrons. The summed E-state index contributed by atoms with van der Waals surface area (Å²) >= 11 is 5.71. The quantitative estimate of drug-likeness (QED) is 0.614. The molecule has 0 aliphatic carbocycles. The van der Waals surface area contributed by atoms with Crippen LogP contribution in [0.3, 0.4) is 0 Å². The summed E-state index contributed by atoms with van der Waals surface area (Å²) in [5.41, 5.74) is 3.53. The fourth-order valence-corrected chi connectivity index (χ4v) is 1.04. The molecule has 1 aromatic carbocycles. The van der Waals surface area contributed by atoms with Crippen LogP contribution >= 0.6 is 11.6 Å². The third kappa shape index (κ3) is 1.23. The van der Waals surface area contributed by atoms with Crippen LogP contribution in [0, 0.1) is 6.92 Å². The van der Waals surface area contributed by atoms with E-state index in [1.54, 1.807) is 6.07 Å². The number of halogens is 1. The van der Waals surface area contributed by atoms with Crippen molar-refractivity contribution in [2.75, 3.05) is 5.48 Å². The Kier molecular flexibility index (Phi) is 2.14. The molecule has 54 valence electrons. The molecule has 0 aliphatic rings. The van der Waals surface area contributed by atoms with Crippen molar-refractivity contribution in [2.24, 2.45) is 0 Å². The standard InChI is InChI=1S/C7H8ClNO/c1-5-3-2-4-6(8)7(5)9-10/h2-4,9-10H,1H3. The minimum atomic E-state index is 0.530. The molecule has 1 aromatic rings. The molecule has 2 N–H and O–H groups in total. The molecule has 0 aromatic heterocycles. The molecule has 10 heavy (non-hydrogen) atoms. The van der Waals surface area contributed by atoms with Crippen LogP contribution in [0.15, 0.2) is 18.2 Å². The third-order valence-electron chi connectivity index (χ3n) is 1.33. The number of rotatable bonds is 1. The Morgan fingerprint density at radius 1 is 1.50 bits per heavy atom. The van der Waals surface area contributed by atoms with Gasteiger partial charge < -0.3 is 0 Å². The fraction of sp³-hybridized carbons (Fsp3) is 0.143. The van der Waals surface area contributed by atoms with Crippen LogP contribution in [0.5, 0.6) is 0 Å². The topological polar surface area (TPSA) is 32.3 Å². The van der Waals surface area contributed by atoms with Crippen molar-refractivity contribution >= 4 is 17.3 Å². The minimum Gasteiger partial charge on any atom is -0.291 e. The molecule has 0 bridgehead atoms. The summed E-state index contributed by atoms with van der Waals surface area (Å²) in [4.78, 5) is 0. The van der Waals surface area contributed by atoms with Crippen molar-refractivity contribution < 1.29 is 5.21 Å². The Hall–Kier alpha value is -0.730. The largest absolute Gasteiger partial charge is 0.291 e. The van der Waals surface area contributed by atoms with Gasteiger partial charge in [0.25, 0.3) is 0 Å². The number of nitrogens with one attached hydrogen (secondary N) is 1. The molecule has 0 aliphatic heterocycles. The van der Waals surface area contributed by atoms with Crippen LogP contribution in [0.2, 0.25) is 5.02 Å². The minimum absolute atomic E-state index is 0.530. The zero-order valence-electron chi connectivity index (χ0n) is 5.56. The number of hydrogen-bond donors (Lipinski definition) is 2. The second-order valence-corrected chi connectivity index (χ2v) is 2.45. The fourth-order valence-electron chi connectivity index (χ4n) is 0.774. The second kappa shape index (κ2) is 2.90. The van der Waals surface area contributed by atoms with Crippen LogP contribution in [0.1, 0.15) is 5.56 Å². The molecule has 3 heteroatoms. The van der Waals surface area contributed by atoms with E-state index >= 15 is 0 Å². The van der Waals surface area contributed by atoms with Crippen molar-refractivity contribution in [3.05, 3.63) is 28.8 Å². The first kappa shape index (κ1) is 7.38. The van der Waals surface area contributed by atoms with E-state index in [1.165, 1.54) is 0 Å². The number of hydrogen-bond acceptors (Lipinski definition) is 2. The van der Waals surface area contributed by atoms with Crippen LogP contribution in [-0.4, -0.2) is 5.21 Å². The van der Waals surface area contributed by atoms with Crippen LogP contribution in [0.4, 0.5) is 5.69 Å². The highest BCUT2D eigenvalue weighted by atomic mass is 35.5. The highest BCUT2D eigenvalue weighted by Gasteiger charge is 1.99. The summed E-state index contributed by atoms with van der Waals surface area (Å²) in [6.45, 7) is 1.87. The first-order valence-corrected chi connectivity index (χ1v) is 3.28. The van der Waals surface area contributed by atoms with Gasteiger partial charge in [0.2, 0.25) is 0 Å². The summed E-state index contributed by atoms with van der Waals surface area (Å²) in [6, 6.07) is 5.41. The van der Waals surface area contributed by atoms with Gasteiger partial charge in [-0.1, -0.05) is 23.7 Å². The van der Waals surface area contributed by atoms with E-state index in [0.29, 0.717) is 10.7 Å². The summed E-state index contributed by atoms with van der Waals surface area (Å²) in [6.07, 6.45) is 0. The summed E-state index contributed by atoms with van der Waals surface area (Å²) in [7, 11) is 0. The van der Waals surface area contributed by atoms with E-state index in [0.717, 1.165) is 5.56 Å². The normalized spacial score (nSPS) is 9.50. The Morgan fingerprint density at radius 3 is 2.60 bits per heavy atom. The summed E-state index contributed by atoms with van der Waals surface area (Å²) in [5.74, 6) is 0. The van der Waals surface area contributed by atoms with E-state index in [4.69, 9.17) is 16.8 Å². The van der Waals surface area contributed by atoms with E-state index in [2.05, 4.69) is 0 Å². The number of anilines is 1. The molecule has 2 nitrogen and oxygen atoms in total. The van der Waals surface area contributed by atoms with E-state index in [9.17, 15) is 0 Å². The van der Waals surface area contributed by atoms with Crippen molar-refractivity contribution in [2.45, 2.75) is 6.92 Å². The summed E-state index contributed by atoms with van der Waals surface area (Å²) < 4.78 is 0. The first-order valence-electron chi connectivity index (χ1n) is 2.91. The van der Waals surface area contributed by atoms with Gasteiger partial charge in [0.1, 0.15) is 0 Å². The number of para-hydroxylation sites is 1. The SMILES string of the molecule is Cc1cccc(Cl)c1NO. The lowest BCUT2D eigenvalue weighted by molar-refractivity contribution is 0.388. The van der Waals surface area contributed by atoms with Crippen molar-refractivity contribution in [1.29, 1.82) is 0 Å². The van der Waals surface area contributed by atoms with Gasteiger partial charge >= 0.3 is 0 Å². The lowest BCUT2D eigenvalue weighted by atomic mass is 10.2. The van der Waals surface area contributed by atoms with Crippen molar-refractivity contribution in [1.82, 2.24) is 0 Å². The molecule has 1 rings (SSSR count). The maximum Gasteiger partial charge on any atom is 0.0817 e. The average Bonchev–Trinajstić information content (AvgIpc) is 1.88.